The minimum absolute atomic E-state index is 0.0711. The third-order valence-corrected chi connectivity index (χ3v) is 3.63. The number of hydrogen-bond donors (Lipinski definition) is 0. The average molecular weight is 277 g/mol. The second-order valence-electron chi connectivity index (χ2n) is 4.71. The number of non-ortho nitro benzene ring substituents is 1. The number of ketones is 1. The first kappa shape index (κ1) is 14.2. The largest absolute Gasteiger partial charge is 0.465 e. The second-order valence-corrected chi connectivity index (χ2v) is 4.71. The standard InChI is InChI=1S/C14H15NO5/c1-2-20-13(17)14(9-3-4-12(14)16)10-5-7-11(8-6-10)15(18)19/h5-8H,2-4,9H2,1H3. The number of benzene rings is 1. The van der Waals surface area contributed by atoms with Gasteiger partial charge in [0.1, 0.15) is 0 Å². The maximum absolute atomic E-state index is 12.2. The topological polar surface area (TPSA) is 86.5 Å². The minimum atomic E-state index is -1.29. The maximum atomic E-state index is 12.2. The number of nitro groups is 1. The Labute approximate surface area is 115 Å². The van der Waals surface area contributed by atoms with Gasteiger partial charge in [0.15, 0.2) is 11.2 Å². The van der Waals surface area contributed by atoms with E-state index in [1.54, 1.807) is 6.92 Å². The van der Waals surface area contributed by atoms with Crippen LogP contribution in [0.5, 0.6) is 0 Å². The Balaban J connectivity index is 2.44. The molecular formula is C14H15NO5. The fourth-order valence-corrected chi connectivity index (χ4v) is 2.63. The van der Waals surface area contributed by atoms with Crippen LogP contribution in [0.1, 0.15) is 31.7 Å². The van der Waals surface area contributed by atoms with E-state index in [9.17, 15) is 19.7 Å². The Kier molecular flexibility index (Phi) is 3.83. The fourth-order valence-electron chi connectivity index (χ4n) is 2.63. The molecule has 1 aromatic rings. The summed E-state index contributed by atoms with van der Waals surface area (Å²) >= 11 is 0. The first-order valence-corrected chi connectivity index (χ1v) is 6.48. The van der Waals surface area contributed by atoms with Gasteiger partial charge in [-0.15, -0.1) is 0 Å². The normalized spacial score (nSPS) is 21.8. The molecule has 1 unspecified atom stereocenters. The monoisotopic (exact) mass is 277 g/mol. The lowest BCUT2D eigenvalue weighted by atomic mass is 9.78. The van der Waals surface area contributed by atoms with Crippen molar-refractivity contribution in [1.82, 2.24) is 0 Å². The Bertz CT molecular complexity index is 551. The van der Waals surface area contributed by atoms with Crippen molar-refractivity contribution in [2.75, 3.05) is 6.61 Å². The summed E-state index contributed by atoms with van der Waals surface area (Å²) in [5, 5.41) is 10.7. The van der Waals surface area contributed by atoms with Crippen LogP contribution in [0.3, 0.4) is 0 Å². The molecule has 106 valence electrons. The first-order valence-electron chi connectivity index (χ1n) is 6.48. The van der Waals surface area contributed by atoms with Crippen LogP contribution in [0, 0.1) is 10.1 Å². The van der Waals surface area contributed by atoms with Crippen molar-refractivity contribution in [2.45, 2.75) is 31.6 Å². The van der Waals surface area contributed by atoms with E-state index in [1.807, 2.05) is 0 Å². The molecule has 20 heavy (non-hydrogen) atoms. The number of hydrogen-bond acceptors (Lipinski definition) is 5. The molecule has 0 aromatic heterocycles. The molecule has 0 aliphatic heterocycles. The predicted octanol–water partition coefficient (Wildman–Crippen LogP) is 2.15. The summed E-state index contributed by atoms with van der Waals surface area (Å²) in [4.78, 5) is 34.6. The summed E-state index contributed by atoms with van der Waals surface area (Å²) < 4.78 is 5.04. The zero-order valence-corrected chi connectivity index (χ0v) is 11.1. The van der Waals surface area contributed by atoms with Crippen molar-refractivity contribution in [2.24, 2.45) is 0 Å². The molecular weight excluding hydrogens is 262 g/mol. The van der Waals surface area contributed by atoms with E-state index in [1.165, 1.54) is 24.3 Å². The van der Waals surface area contributed by atoms with Crippen LogP contribution in [0.25, 0.3) is 0 Å². The summed E-state index contributed by atoms with van der Waals surface area (Å²) in [6.45, 7) is 1.88. The molecule has 0 radical (unpaired) electrons. The van der Waals surface area contributed by atoms with E-state index in [0.717, 1.165) is 0 Å². The molecule has 2 rings (SSSR count). The summed E-state index contributed by atoms with van der Waals surface area (Å²) in [6, 6.07) is 5.56. The summed E-state index contributed by atoms with van der Waals surface area (Å²) in [7, 11) is 0. The van der Waals surface area contributed by atoms with E-state index in [0.29, 0.717) is 24.8 Å². The molecule has 0 spiro atoms. The van der Waals surface area contributed by atoms with Crippen LogP contribution in [-0.4, -0.2) is 23.3 Å². The Hall–Kier alpha value is -2.24. The van der Waals surface area contributed by atoms with Crippen LogP contribution >= 0.6 is 0 Å². The molecule has 1 aliphatic rings. The van der Waals surface area contributed by atoms with E-state index in [4.69, 9.17) is 4.74 Å². The van der Waals surface area contributed by atoms with Crippen molar-refractivity contribution in [3.05, 3.63) is 39.9 Å². The van der Waals surface area contributed by atoms with Crippen molar-refractivity contribution in [3.8, 4) is 0 Å². The molecule has 1 aromatic carbocycles. The Morgan fingerprint density at radius 3 is 2.50 bits per heavy atom. The number of nitro benzene ring substituents is 1. The number of nitrogens with zero attached hydrogens (tertiary/aromatic N) is 1. The van der Waals surface area contributed by atoms with Gasteiger partial charge in [-0.3, -0.25) is 19.7 Å². The van der Waals surface area contributed by atoms with Crippen molar-refractivity contribution >= 4 is 17.4 Å². The Morgan fingerprint density at radius 1 is 1.40 bits per heavy atom. The number of Topliss-reactive ketones (excluding diaryl/α,β-unsaturated/α-hetero) is 1. The molecule has 1 saturated carbocycles. The highest BCUT2D eigenvalue weighted by Gasteiger charge is 2.51. The SMILES string of the molecule is CCOC(=O)C1(c2ccc([N+](=O)[O-])cc2)CCCC1=O. The van der Waals surface area contributed by atoms with Gasteiger partial charge in [0.2, 0.25) is 0 Å². The molecule has 6 heteroatoms. The highest BCUT2D eigenvalue weighted by atomic mass is 16.6. The number of carbonyl (C=O) groups excluding carboxylic acids is 2. The molecule has 1 aliphatic carbocycles. The van der Waals surface area contributed by atoms with Crippen LogP contribution in [0.15, 0.2) is 24.3 Å². The Morgan fingerprint density at radius 2 is 2.05 bits per heavy atom. The van der Waals surface area contributed by atoms with Gasteiger partial charge in [-0.25, -0.2) is 0 Å². The van der Waals surface area contributed by atoms with Crippen molar-refractivity contribution < 1.29 is 19.2 Å². The van der Waals surface area contributed by atoms with Gasteiger partial charge in [-0.1, -0.05) is 12.1 Å². The molecule has 0 saturated heterocycles. The van der Waals surface area contributed by atoms with Gasteiger partial charge in [0.25, 0.3) is 5.69 Å². The van der Waals surface area contributed by atoms with Gasteiger partial charge in [0.05, 0.1) is 11.5 Å². The molecule has 6 nitrogen and oxygen atoms in total. The van der Waals surface area contributed by atoms with Gasteiger partial charge < -0.3 is 4.74 Å². The molecule has 0 bridgehead atoms. The highest BCUT2D eigenvalue weighted by Crippen LogP contribution is 2.40. The zero-order chi connectivity index (χ0) is 14.8. The van der Waals surface area contributed by atoms with E-state index in [-0.39, 0.29) is 18.1 Å². The summed E-state index contributed by atoms with van der Waals surface area (Å²) in [6.07, 6.45) is 1.34. The van der Waals surface area contributed by atoms with Gasteiger partial charge in [-0.05, 0) is 25.3 Å². The van der Waals surface area contributed by atoms with Gasteiger partial charge >= 0.3 is 5.97 Å². The highest BCUT2D eigenvalue weighted by molar-refractivity contribution is 6.11. The van der Waals surface area contributed by atoms with Crippen LogP contribution in [0.2, 0.25) is 0 Å². The molecule has 0 amide bonds. The molecule has 0 heterocycles. The fraction of sp³-hybridized carbons (Fsp3) is 0.429. The zero-order valence-electron chi connectivity index (χ0n) is 11.1. The van der Waals surface area contributed by atoms with Gasteiger partial charge in [-0.2, -0.15) is 0 Å². The first-order chi connectivity index (χ1) is 9.52. The number of carbonyl (C=O) groups is 2. The summed E-state index contributed by atoms with van der Waals surface area (Å²) in [5.74, 6) is -0.735. The quantitative estimate of drug-likeness (QED) is 0.364. The number of ether oxygens (including phenoxy) is 1. The molecule has 1 atom stereocenters. The third kappa shape index (κ3) is 2.17. The van der Waals surface area contributed by atoms with Crippen LogP contribution in [-0.2, 0) is 19.7 Å². The van der Waals surface area contributed by atoms with Crippen molar-refractivity contribution in [3.63, 3.8) is 0 Å². The van der Waals surface area contributed by atoms with Crippen LogP contribution < -0.4 is 0 Å². The van der Waals surface area contributed by atoms with Crippen molar-refractivity contribution in [1.29, 1.82) is 0 Å². The number of rotatable bonds is 4. The lowest BCUT2D eigenvalue weighted by Gasteiger charge is -2.25. The lowest BCUT2D eigenvalue weighted by molar-refractivity contribution is -0.384. The summed E-state index contributed by atoms with van der Waals surface area (Å²) in [5.41, 5.74) is -0.882. The van der Waals surface area contributed by atoms with E-state index >= 15 is 0 Å². The van der Waals surface area contributed by atoms with Gasteiger partial charge in [0, 0.05) is 18.6 Å². The third-order valence-electron chi connectivity index (χ3n) is 3.63. The van der Waals surface area contributed by atoms with E-state index < -0.39 is 16.3 Å². The average Bonchev–Trinajstić information content (AvgIpc) is 2.82. The van der Waals surface area contributed by atoms with E-state index in [2.05, 4.69) is 0 Å². The smallest absolute Gasteiger partial charge is 0.324 e. The number of esters is 1. The second kappa shape index (κ2) is 5.40. The minimum Gasteiger partial charge on any atom is -0.465 e. The molecule has 1 fully saturated rings. The maximum Gasteiger partial charge on any atom is 0.324 e. The lowest BCUT2D eigenvalue weighted by Crippen LogP contribution is -2.41. The molecule has 0 N–H and O–H groups in total. The predicted molar refractivity (Wildman–Crippen MR) is 70.3 cm³/mol. The van der Waals surface area contributed by atoms with Crippen LogP contribution in [0.4, 0.5) is 5.69 Å².